The highest BCUT2D eigenvalue weighted by Gasteiger charge is 2.59. The summed E-state index contributed by atoms with van der Waals surface area (Å²) in [4.78, 5) is 40.3. The highest BCUT2D eigenvalue weighted by Crippen LogP contribution is 2.50. The van der Waals surface area contributed by atoms with Gasteiger partial charge in [0.2, 0.25) is 0 Å². The minimum Gasteiger partial charge on any atom is -0.504 e. The van der Waals surface area contributed by atoms with Crippen molar-refractivity contribution in [1.82, 2.24) is 4.90 Å². The van der Waals surface area contributed by atoms with Gasteiger partial charge in [-0.25, -0.2) is 4.79 Å². The fourth-order valence-electron chi connectivity index (χ4n) is 5.75. The Labute approximate surface area is 187 Å². The van der Waals surface area contributed by atoms with Crippen LogP contribution in [-0.2, 0) is 19.1 Å². The molecule has 4 rings (SSSR count). The number of anilines is 1. The number of fused-ring (bicyclic) bond motifs is 3. The molecule has 8 heteroatoms. The first-order valence-electron chi connectivity index (χ1n) is 11.1. The molecule has 3 heterocycles. The topological polar surface area (TPSA) is 94.2 Å². The largest absolute Gasteiger partial charge is 0.504 e. The Morgan fingerprint density at radius 1 is 1.31 bits per heavy atom. The second-order valence-electron chi connectivity index (χ2n) is 8.77. The lowest BCUT2D eigenvalue weighted by molar-refractivity contribution is -0.137. The minimum absolute atomic E-state index is 0.0547. The lowest BCUT2D eigenvalue weighted by Gasteiger charge is -2.45. The van der Waals surface area contributed by atoms with Crippen molar-refractivity contribution in [3.63, 3.8) is 0 Å². The summed E-state index contributed by atoms with van der Waals surface area (Å²) in [5.74, 6) is -0.470. The van der Waals surface area contributed by atoms with Gasteiger partial charge in [-0.2, -0.15) is 0 Å². The summed E-state index contributed by atoms with van der Waals surface area (Å²) < 4.78 is 15.6. The summed E-state index contributed by atoms with van der Waals surface area (Å²) in [6.45, 7) is 5.01. The van der Waals surface area contributed by atoms with Crippen LogP contribution in [0.4, 0.5) is 5.69 Å². The third-order valence-electron chi connectivity index (χ3n) is 7.18. The lowest BCUT2D eigenvalue weighted by Crippen LogP contribution is -2.57. The van der Waals surface area contributed by atoms with Crippen molar-refractivity contribution in [3.8, 4) is 5.75 Å². The van der Waals surface area contributed by atoms with E-state index in [9.17, 15) is 14.4 Å². The Morgan fingerprint density at radius 2 is 2.09 bits per heavy atom. The Bertz CT molecular complexity index is 973. The van der Waals surface area contributed by atoms with Gasteiger partial charge in [0, 0.05) is 31.7 Å². The lowest BCUT2D eigenvalue weighted by atomic mass is 9.72. The maximum Gasteiger partial charge on any atom is 0.337 e. The number of ether oxygens (including phenoxy) is 3. The molecule has 0 aliphatic carbocycles. The monoisotopic (exact) mass is 442 g/mol. The minimum atomic E-state index is -0.816. The second-order valence-corrected chi connectivity index (χ2v) is 8.77. The van der Waals surface area contributed by atoms with Crippen LogP contribution in [0.2, 0.25) is 0 Å². The van der Waals surface area contributed by atoms with Gasteiger partial charge in [-0.3, -0.25) is 14.5 Å². The first-order chi connectivity index (χ1) is 15.4. The number of hydrogen-bond acceptors (Lipinski definition) is 8. The highest BCUT2D eigenvalue weighted by molar-refractivity contribution is 6.16. The molecule has 2 saturated heterocycles. The third kappa shape index (κ3) is 3.46. The number of nitrogens with one attached hydrogen (secondary N) is 1. The SMILES string of the molecule is CC[C@@H]1CN2CC[C@]3(Nc4cccc(OC(C)=O)c4C3=O)[C@@H]2C[C@@H]1/C(=C\OC)C(=O)OC. The number of rotatable bonds is 5. The van der Waals surface area contributed by atoms with Crippen molar-refractivity contribution in [2.75, 3.05) is 32.6 Å². The molecule has 8 nitrogen and oxygen atoms in total. The van der Waals surface area contributed by atoms with Gasteiger partial charge in [0.15, 0.2) is 5.78 Å². The summed E-state index contributed by atoms with van der Waals surface area (Å²) in [5.41, 5.74) is 0.806. The molecule has 0 amide bonds. The van der Waals surface area contributed by atoms with E-state index in [1.807, 2.05) is 6.07 Å². The molecular formula is C24H30N2O6. The Kier molecular flexibility index (Phi) is 5.99. The Hall–Kier alpha value is -2.87. The summed E-state index contributed by atoms with van der Waals surface area (Å²) in [6, 6.07) is 5.16. The van der Waals surface area contributed by atoms with Gasteiger partial charge in [0.05, 0.1) is 31.6 Å². The van der Waals surface area contributed by atoms with Gasteiger partial charge in [0.1, 0.15) is 11.3 Å². The van der Waals surface area contributed by atoms with E-state index in [2.05, 4.69) is 17.1 Å². The van der Waals surface area contributed by atoms with Crippen LogP contribution in [0.5, 0.6) is 5.75 Å². The van der Waals surface area contributed by atoms with Crippen molar-refractivity contribution in [2.45, 2.75) is 44.7 Å². The fraction of sp³-hybridized carbons (Fsp3) is 0.542. The van der Waals surface area contributed by atoms with Crippen LogP contribution in [0.3, 0.4) is 0 Å². The predicted molar refractivity (Wildman–Crippen MR) is 117 cm³/mol. The third-order valence-corrected chi connectivity index (χ3v) is 7.18. The fourth-order valence-corrected chi connectivity index (χ4v) is 5.75. The number of carbonyl (C=O) groups is 3. The quantitative estimate of drug-likeness (QED) is 0.322. The van der Waals surface area contributed by atoms with Crippen molar-refractivity contribution >= 4 is 23.4 Å². The number of carbonyl (C=O) groups excluding carboxylic acids is 3. The van der Waals surface area contributed by atoms with Crippen LogP contribution < -0.4 is 10.1 Å². The van der Waals surface area contributed by atoms with Crippen molar-refractivity contribution < 1.29 is 28.6 Å². The molecule has 2 fully saturated rings. The van der Waals surface area contributed by atoms with E-state index in [1.54, 1.807) is 12.1 Å². The van der Waals surface area contributed by atoms with E-state index in [0.29, 0.717) is 29.7 Å². The molecule has 1 aromatic rings. The first kappa shape index (κ1) is 22.3. The molecule has 32 heavy (non-hydrogen) atoms. The van der Waals surface area contributed by atoms with Gasteiger partial charge in [0.25, 0.3) is 0 Å². The van der Waals surface area contributed by atoms with E-state index >= 15 is 0 Å². The van der Waals surface area contributed by atoms with E-state index in [4.69, 9.17) is 14.2 Å². The van der Waals surface area contributed by atoms with E-state index in [-0.39, 0.29) is 29.4 Å². The second kappa shape index (κ2) is 8.58. The van der Waals surface area contributed by atoms with Crippen LogP contribution in [-0.4, -0.2) is 61.5 Å². The van der Waals surface area contributed by atoms with E-state index < -0.39 is 17.5 Å². The van der Waals surface area contributed by atoms with Gasteiger partial charge in [-0.05, 0) is 36.8 Å². The maximum atomic E-state index is 13.8. The van der Waals surface area contributed by atoms with Crippen LogP contribution in [0.15, 0.2) is 30.0 Å². The molecule has 1 spiro atoms. The number of Topliss-reactive ketones (excluding diaryl/α,β-unsaturated/α-hetero) is 1. The average Bonchev–Trinajstić information content (AvgIpc) is 3.28. The van der Waals surface area contributed by atoms with Gasteiger partial charge in [-0.1, -0.05) is 19.4 Å². The smallest absolute Gasteiger partial charge is 0.337 e. The molecule has 0 bridgehead atoms. The average molecular weight is 443 g/mol. The summed E-state index contributed by atoms with van der Waals surface area (Å²) in [7, 11) is 2.89. The predicted octanol–water partition coefficient (Wildman–Crippen LogP) is 2.78. The number of benzene rings is 1. The van der Waals surface area contributed by atoms with Crippen LogP contribution in [0.25, 0.3) is 0 Å². The summed E-state index contributed by atoms with van der Waals surface area (Å²) in [5, 5.41) is 3.49. The first-order valence-corrected chi connectivity index (χ1v) is 11.1. The number of ketones is 1. The van der Waals surface area contributed by atoms with Crippen LogP contribution in [0, 0.1) is 11.8 Å². The zero-order valence-electron chi connectivity index (χ0n) is 19.0. The Balaban J connectivity index is 1.70. The number of nitrogens with zero attached hydrogens (tertiary/aromatic N) is 1. The molecule has 1 N–H and O–H groups in total. The zero-order chi connectivity index (χ0) is 23.0. The summed E-state index contributed by atoms with van der Waals surface area (Å²) >= 11 is 0. The molecule has 3 aliphatic heterocycles. The zero-order valence-corrected chi connectivity index (χ0v) is 19.0. The number of hydrogen-bond donors (Lipinski definition) is 1. The Morgan fingerprint density at radius 3 is 2.75 bits per heavy atom. The van der Waals surface area contributed by atoms with Crippen LogP contribution in [0.1, 0.15) is 43.5 Å². The summed E-state index contributed by atoms with van der Waals surface area (Å²) in [6.07, 6.45) is 3.65. The van der Waals surface area contributed by atoms with Crippen molar-refractivity contribution in [2.24, 2.45) is 11.8 Å². The van der Waals surface area contributed by atoms with Gasteiger partial charge < -0.3 is 19.5 Å². The molecule has 0 aromatic heterocycles. The van der Waals surface area contributed by atoms with Crippen molar-refractivity contribution in [1.29, 1.82) is 0 Å². The maximum absolute atomic E-state index is 13.8. The molecule has 0 saturated carbocycles. The molecule has 172 valence electrons. The van der Waals surface area contributed by atoms with Crippen molar-refractivity contribution in [3.05, 3.63) is 35.6 Å². The van der Waals surface area contributed by atoms with Gasteiger partial charge in [-0.15, -0.1) is 0 Å². The van der Waals surface area contributed by atoms with Gasteiger partial charge >= 0.3 is 11.9 Å². The molecule has 4 atom stereocenters. The number of piperidine rings is 1. The molecule has 0 unspecified atom stereocenters. The van der Waals surface area contributed by atoms with E-state index in [1.165, 1.54) is 27.4 Å². The van der Waals surface area contributed by atoms with Crippen LogP contribution >= 0.6 is 0 Å². The highest BCUT2D eigenvalue weighted by atomic mass is 16.5. The molecule has 3 aliphatic rings. The normalized spacial score (nSPS) is 29.3. The molecular weight excluding hydrogens is 412 g/mol. The van der Waals surface area contributed by atoms with E-state index in [0.717, 1.165) is 19.5 Å². The standard InChI is InChI=1S/C24H30N2O6/c1-5-15-12-26-10-9-24(20(26)11-16(15)17(13-30-3)23(29)31-4)22(28)21-18(25-24)7-6-8-19(21)32-14(2)27/h6-8,13,15-16,20,25H,5,9-12H2,1-4H3/b17-13+/t15-,16+,20+,24+/m1/s1. The number of esters is 2. The number of methoxy groups -OCH3 is 2. The molecule has 1 aromatic carbocycles. The molecule has 0 radical (unpaired) electrons.